The van der Waals surface area contributed by atoms with E-state index >= 15 is 0 Å². The van der Waals surface area contributed by atoms with E-state index in [9.17, 15) is 0 Å². The van der Waals surface area contributed by atoms with Crippen molar-refractivity contribution in [2.75, 3.05) is 0 Å². The summed E-state index contributed by atoms with van der Waals surface area (Å²) in [6.07, 6.45) is 5.01. The first-order valence-electron chi connectivity index (χ1n) is 4.31. The summed E-state index contributed by atoms with van der Waals surface area (Å²) in [5.41, 5.74) is 0. The van der Waals surface area contributed by atoms with Crippen LogP contribution in [0.15, 0.2) is 42.6 Å². The zero-order valence-corrected chi connectivity index (χ0v) is 7.04. The maximum atomic E-state index is 3.11. The number of benzene rings is 1. The van der Waals surface area contributed by atoms with Crippen molar-refractivity contribution < 1.29 is 0 Å². The quantitative estimate of drug-likeness (QED) is 0.528. The summed E-state index contributed by atoms with van der Waals surface area (Å²) in [7, 11) is 0. The molecule has 0 saturated carbocycles. The summed E-state index contributed by atoms with van der Waals surface area (Å²) < 4.78 is 0. The van der Waals surface area contributed by atoms with Gasteiger partial charge < -0.3 is 4.98 Å². The van der Waals surface area contributed by atoms with Crippen LogP contribution in [0.25, 0.3) is 21.5 Å². The van der Waals surface area contributed by atoms with E-state index in [4.69, 9.17) is 0 Å². The summed E-state index contributed by atoms with van der Waals surface area (Å²) in [6.45, 7) is 0. The first kappa shape index (κ1) is 6.72. The minimum absolute atomic E-state index is 1.14. The number of aromatic nitrogens is 1. The smallest absolute Gasteiger partial charge is 0.0705 e. The second kappa shape index (κ2) is 2.36. The third-order valence-corrected chi connectivity index (χ3v) is 2.36. The Kier molecular flexibility index (Phi) is 1.22. The van der Waals surface area contributed by atoms with Gasteiger partial charge in [0.2, 0.25) is 0 Å². The SMILES string of the molecule is [c]1[nH]ccc2cc3cccc3cc12. The zero-order chi connectivity index (χ0) is 8.67. The Bertz CT molecular complexity index is 514. The molecule has 0 unspecified atom stereocenters. The fourth-order valence-corrected chi connectivity index (χ4v) is 1.69. The lowest BCUT2D eigenvalue weighted by atomic mass is 10.1. The van der Waals surface area contributed by atoms with Gasteiger partial charge in [-0.1, -0.05) is 18.2 Å². The lowest BCUT2D eigenvalue weighted by molar-refractivity contribution is 1.35. The molecule has 0 spiro atoms. The van der Waals surface area contributed by atoms with Gasteiger partial charge in [-0.05, 0) is 34.4 Å². The molecule has 0 bridgehead atoms. The van der Waals surface area contributed by atoms with Crippen molar-refractivity contribution in [1.82, 2.24) is 4.98 Å². The van der Waals surface area contributed by atoms with E-state index in [1.165, 1.54) is 16.2 Å². The molecule has 2 aromatic carbocycles. The summed E-state index contributed by atoms with van der Waals surface area (Å²) in [4.78, 5) is 2.97. The van der Waals surface area contributed by atoms with Crippen molar-refractivity contribution in [1.29, 1.82) is 0 Å². The van der Waals surface area contributed by atoms with Crippen LogP contribution in [0.5, 0.6) is 0 Å². The molecule has 3 aromatic rings. The highest BCUT2D eigenvalue weighted by Gasteiger charge is 1.96. The number of pyridine rings is 1. The van der Waals surface area contributed by atoms with E-state index in [-0.39, 0.29) is 0 Å². The number of aromatic amines is 1. The molecular formula is C12H8N. The number of hydrogen-bond acceptors (Lipinski definition) is 0. The Morgan fingerprint density at radius 3 is 2.69 bits per heavy atom. The molecule has 1 radical (unpaired) electrons. The first-order valence-corrected chi connectivity index (χ1v) is 4.31. The topological polar surface area (TPSA) is 15.8 Å². The highest BCUT2D eigenvalue weighted by atomic mass is 14.6. The van der Waals surface area contributed by atoms with Crippen LogP contribution in [0.4, 0.5) is 0 Å². The van der Waals surface area contributed by atoms with E-state index in [1.807, 2.05) is 6.20 Å². The van der Waals surface area contributed by atoms with E-state index in [0.29, 0.717) is 0 Å². The van der Waals surface area contributed by atoms with Gasteiger partial charge in [0.1, 0.15) is 0 Å². The van der Waals surface area contributed by atoms with Crippen LogP contribution < -0.4 is 0 Å². The number of rotatable bonds is 0. The maximum absolute atomic E-state index is 3.11. The number of hydrogen-bond donors (Lipinski definition) is 1. The average Bonchev–Trinajstić information content (AvgIpc) is 2.61. The molecule has 0 fully saturated rings. The molecule has 1 heterocycles. The van der Waals surface area contributed by atoms with Gasteiger partial charge >= 0.3 is 0 Å². The Balaban J connectivity index is 2.57. The Morgan fingerprint density at radius 2 is 1.77 bits per heavy atom. The van der Waals surface area contributed by atoms with Crippen LogP contribution in [-0.2, 0) is 0 Å². The molecule has 13 heavy (non-hydrogen) atoms. The van der Waals surface area contributed by atoms with Crippen molar-refractivity contribution >= 4 is 21.5 Å². The van der Waals surface area contributed by atoms with Crippen LogP contribution in [0.3, 0.4) is 0 Å². The standard InChI is InChI=1S/C12H8N/c1-2-9-6-11-4-5-13-8-12(11)7-10(9)3-1/h1-7,13H. The number of fused-ring (bicyclic) bond motifs is 2. The monoisotopic (exact) mass is 166 g/mol. The van der Waals surface area contributed by atoms with E-state index in [1.54, 1.807) is 0 Å². The predicted molar refractivity (Wildman–Crippen MR) is 54.6 cm³/mol. The molecule has 0 aliphatic heterocycles. The summed E-state index contributed by atoms with van der Waals surface area (Å²) in [5, 5.41) is 4.95. The van der Waals surface area contributed by atoms with Gasteiger partial charge in [-0.15, -0.1) is 0 Å². The second-order valence-corrected chi connectivity index (χ2v) is 3.20. The minimum Gasteiger partial charge on any atom is -0.359 e. The minimum atomic E-state index is 1.14. The largest absolute Gasteiger partial charge is 0.359 e. The van der Waals surface area contributed by atoms with E-state index < -0.39 is 0 Å². The molecular weight excluding hydrogens is 158 g/mol. The Morgan fingerprint density at radius 1 is 0.923 bits per heavy atom. The third kappa shape index (κ3) is 0.937. The maximum Gasteiger partial charge on any atom is 0.0705 e. The number of H-pyrrole nitrogens is 1. The van der Waals surface area contributed by atoms with Gasteiger partial charge in [0, 0.05) is 11.6 Å². The van der Waals surface area contributed by atoms with Gasteiger partial charge in [0.05, 0.1) is 6.20 Å². The molecule has 0 saturated heterocycles. The van der Waals surface area contributed by atoms with E-state index in [0.717, 1.165) is 5.39 Å². The Hall–Kier alpha value is -1.76. The molecule has 0 aliphatic rings. The molecule has 1 N–H and O–H groups in total. The molecule has 1 aromatic heterocycles. The molecule has 1 heteroatoms. The molecule has 0 atom stereocenters. The van der Waals surface area contributed by atoms with Gasteiger partial charge in [0.15, 0.2) is 0 Å². The highest BCUT2D eigenvalue weighted by molar-refractivity contribution is 5.98. The summed E-state index contributed by atoms with van der Waals surface area (Å²) in [5.74, 6) is 0. The van der Waals surface area contributed by atoms with Crippen molar-refractivity contribution in [3.8, 4) is 0 Å². The van der Waals surface area contributed by atoms with Gasteiger partial charge in [0.25, 0.3) is 0 Å². The van der Waals surface area contributed by atoms with E-state index in [2.05, 4.69) is 47.6 Å². The van der Waals surface area contributed by atoms with Crippen LogP contribution in [-0.4, -0.2) is 4.98 Å². The average molecular weight is 166 g/mol. The van der Waals surface area contributed by atoms with Gasteiger partial charge in [-0.3, -0.25) is 0 Å². The normalized spacial score (nSPS) is 11.1. The summed E-state index contributed by atoms with van der Waals surface area (Å²) >= 11 is 0. The summed E-state index contributed by atoms with van der Waals surface area (Å²) in [6, 6.07) is 12.7. The van der Waals surface area contributed by atoms with Crippen LogP contribution in [0, 0.1) is 6.20 Å². The lowest BCUT2D eigenvalue weighted by Crippen LogP contribution is -1.74. The molecule has 3 rings (SSSR count). The van der Waals surface area contributed by atoms with Crippen LogP contribution in [0.1, 0.15) is 0 Å². The van der Waals surface area contributed by atoms with Crippen molar-refractivity contribution in [2.24, 2.45) is 0 Å². The predicted octanol–water partition coefficient (Wildman–Crippen LogP) is 3.12. The van der Waals surface area contributed by atoms with Gasteiger partial charge in [-0.2, -0.15) is 0 Å². The first-order chi connectivity index (χ1) is 6.43. The van der Waals surface area contributed by atoms with Crippen molar-refractivity contribution in [3.05, 3.63) is 48.8 Å². The third-order valence-electron chi connectivity index (χ3n) is 2.36. The van der Waals surface area contributed by atoms with Gasteiger partial charge in [-0.25, -0.2) is 0 Å². The molecule has 1 nitrogen and oxygen atoms in total. The number of nitrogens with one attached hydrogen (secondary N) is 1. The Labute approximate surface area is 76.0 Å². The fraction of sp³-hybridized carbons (Fsp3) is 0. The lowest BCUT2D eigenvalue weighted by Gasteiger charge is -1.96. The van der Waals surface area contributed by atoms with Crippen LogP contribution >= 0.6 is 0 Å². The van der Waals surface area contributed by atoms with Crippen LogP contribution in [0.2, 0.25) is 0 Å². The molecule has 0 amide bonds. The highest BCUT2D eigenvalue weighted by Crippen LogP contribution is 2.22. The molecule has 61 valence electrons. The molecule has 0 aliphatic carbocycles. The van der Waals surface area contributed by atoms with Crippen molar-refractivity contribution in [2.45, 2.75) is 0 Å². The van der Waals surface area contributed by atoms with Crippen molar-refractivity contribution in [3.63, 3.8) is 0 Å². The zero-order valence-electron chi connectivity index (χ0n) is 7.04. The fourth-order valence-electron chi connectivity index (χ4n) is 1.69. The second-order valence-electron chi connectivity index (χ2n) is 3.20.